The lowest BCUT2D eigenvalue weighted by Crippen LogP contribution is -2.49. The van der Waals surface area contributed by atoms with Gasteiger partial charge in [-0.2, -0.15) is 0 Å². The van der Waals surface area contributed by atoms with Gasteiger partial charge >= 0.3 is 18.4 Å². The monoisotopic (exact) mass is 484 g/mol. The number of ether oxygens (including phenoxy) is 1. The fourth-order valence-corrected chi connectivity index (χ4v) is 3.80. The van der Waals surface area contributed by atoms with Crippen molar-refractivity contribution in [2.75, 3.05) is 28.6 Å². The second-order valence-corrected chi connectivity index (χ2v) is 7.90. The molecule has 1 heterocycles. The maximum Gasteiger partial charge on any atom is 0.573 e. The second kappa shape index (κ2) is 10.4. The number of alkyl halides is 3. The van der Waals surface area contributed by atoms with Crippen molar-refractivity contribution < 1.29 is 27.5 Å². The Hall–Kier alpha value is -4.21. The van der Waals surface area contributed by atoms with Crippen LogP contribution in [-0.2, 0) is 6.54 Å². The molecule has 0 bridgehead atoms. The third-order valence-electron chi connectivity index (χ3n) is 5.26. The highest BCUT2D eigenvalue weighted by Crippen LogP contribution is 2.27. The normalized spacial score (nSPS) is 14.0. The number of benzene rings is 3. The molecular formula is C25H23F3N4O3. The van der Waals surface area contributed by atoms with E-state index in [2.05, 4.69) is 15.4 Å². The number of amides is 4. The molecule has 3 aromatic rings. The fraction of sp³-hybridized carbons (Fsp3) is 0.200. The highest BCUT2D eigenvalue weighted by molar-refractivity contribution is 6.00. The Morgan fingerprint density at radius 2 is 1.60 bits per heavy atom. The van der Waals surface area contributed by atoms with Crippen LogP contribution < -0.4 is 20.3 Å². The molecule has 2 N–H and O–H groups in total. The summed E-state index contributed by atoms with van der Waals surface area (Å²) in [6.45, 7) is 1.09. The minimum Gasteiger partial charge on any atom is -0.406 e. The first-order valence-electron chi connectivity index (χ1n) is 10.9. The van der Waals surface area contributed by atoms with Crippen LogP contribution in [0.25, 0.3) is 0 Å². The van der Waals surface area contributed by atoms with Crippen molar-refractivity contribution in [2.24, 2.45) is 0 Å². The molecule has 0 spiro atoms. The Morgan fingerprint density at radius 1 is 0.886 bits per heavy atom. The van der Waals surface area contributed by atoms with Crippen molar-refractivity contribution in [1.82, 2.24) is 4.90 Å². The molecule has 3 aromatic carbocycles. The second-order valence-electron chi connectivity index (χ2n) is 7.90. The number of hydrogen-bond donors (Lipinski definition) is 2. The maximum atomic E-state index is 13.2. The molecule has 10 heteroatoms. The molecule has 1 aliphatic rings. The van der Waals surface area contributed by atoms with Gasteiger partial charge in [-0.05, 0) is 54.4 Å². The van der Waals surface area contributed by atoms with E-state index in [0.29, 0.717) is 42.1 Å². The summed E-state index contributed by atoms with van der Waals surface area (Å²) in [5.41, 5.74) is 2.28. The van der Waals surface area contributed by atoms with Gasteiger partial charge in [-0.3, -0.25) is 4.90 Å². The molecule has 7 nitrogen and oxygen atoms in total. The molecule has 4 amide bonds. The van der Waals surface area contributed by atoms with Gasteiger partial charge in [0.15, 0.2) is 0 Å². The van der Waals surface area contributed by atoms with E-state index >= 15 is 0 Å². The molecule has 0 aliphatic carbocycles. The third kappa shape index (κ3) is 6.66. The summed E-state index contributed by atoms with van der Waals surface area (Å²) in [5, 5.41) is 5.48. The number of halogens is 3. The summed E-state index contributed by atoms with van der Waals surface area (Å²) in [6.07, 6.45) is -4.11. The summed E-state index contributed by atoms with van der Waals surface area (Å²) in [4.78, 5) is 28.6. The molecule has 1 saturated heterocycles. The molecule has 0 atom stereocenters. The molecule has 0 aromatic heterocycles. The predicted octanol–water partition coefficient (Wildman–Crippen LogP) is 6.06. The van der Waals surface area contributed by atoms with Crippen molar-refractivity contribution >= 4 is 29.1 Å². The van der Waals surface area contributed by atoms with Gasteiger partial charge in [-0.1, -0.05) is 36.4 Å². The van der Waals surface area contributed by atoms with E-state index in [9.17, 15) is 22.8 Å². The maximum absolute atomic E-state index is 13.2. The van der Waals surface area contributed by atoms with E-state index in [0.717, 1.165) is 0 Å². The zero-order chi connectivity index (χ0) is 24.8. The van der Waals surface area contributed by atoms with E-state index in [1.54, 1.807) is 52.3 Å². The van der Waals surface area contributed by atoms with Crippen LogP contribution in [0.5, 0.6) is 5.75 Å². The van der Waals surface area contributed by atoms with Crippen molar-refractivity contribution in [3.8, 4) is 5.75 Å². The number of para-hydroxylation sites is 1. The lowest BCUT2D eigenvalue weighted by molar-refractivity contribution is -0.274. The number of urea groups is 2. The van der Waals surface area contributed by atoms with E-state index in [-0.39, 0.29) is 18.3 Å². The van der Waals surface area contributed by atoms with Crippen LogP contribution in [0.15, 0.2) is 78.9 Å². The Bertz CT molecular complexity index is 1190. The van der Waals surface area contributed by atoms with Crippen molar-refractivity contribution in [2.45, 2.75) is 19.3 Å². The summed E-state index contributed by atoms with van der Waals surface area (Å²) in [6, 6.07) is 20.8. The van der Waals surface area contributed by atoms with Crippen LogP contribution in [0, 0.1) is 0 Å². The number of hydrogen-bond acceptors (Lipinski definition) is 3. The topological polar surface area (TPSA) is 73.9 Å². The van der Waals surface area contributed by atoms with Gasteiger partial charge in [-0.15, -0.1) is 13.2 Å². The molecule has 1 fully saturated rings. The van der Waals surface area contributed by atoms with Gasteiger partial charge in [0, 0.05) is 36.7 Å². The lowest BCUT2D eigenvalue weighted by atomic mass is 10.1. The molecule has 0 unspecified atom stereocenters. The van der Waals surface area contributed by atoms with Crippen molar-refractivity contribution in [1.29, 1.82) is 0 Å². The standard InChI is InChI=1S/C25H23F3N4O3/c26-25(27,28)35-22-12-4-7-18(15-22)17-31-13-6-14-32(24(31)34)21-11-5-10-20(16-21)30-23(33)29-19-8-2-1-3-9-19/h1-5,7-12,15-16H,6,13-14,17H2,(H2,29,30,33). The minimum absolute atomic E-state index is 0.141. The van der Waals surface area contributed by atoms with Gasteiger partial charge in [0.25, 0.3) is 0 Å². The number of nitrogens with zero attached hydrogens (tertiary/aromatic N) is 2. The van der Waals surface area contributed by atoms with Gasteiger partial charge in [0.2, 0.25) is 0 Å². The number of anilines is 3. The van der Waals surface area contributed by atoms with Gasteiger partial charge in [-0.25, -0.2) is 9.59 Å². The SMILES string of the molecule is O=C(Nc1ccccc1)Nc1cccc(N2CCCN(Cc3cccc(OC(F)(F)F)c3)C2=O)c1. The number of nitrogens with one attached hydrogen (secondary N) is 2. The Labute approximate surface area is 200 Å². The van der Waals surface area contributed by atoms with E-state index in [1.165, 1.54) is 18.2 Å². The van der Waals surface area contributed by atoms with Gasteiger partial charge in [0.05, 0.1) is 0 Å². The first kappa shape index (κ1) is 23.9. The lowest BCUT2D eigenvalue weighted by Gasteiger charge is -2.36. The zero-order valence-electron chi connectivity index (χ0n) is 18.6. The average molecular weight is 484 g/mol. The third-order valence-corrected chi connectivity index (χ3v) is 5.26. The highest BCUT2D eigenvalue weighted by Gasteiger charge is 2.31. The van der Waals surface area contributed by atoms with Crippen LogP contribution in [0.4, 0.5) is 39.8 Å². The van der Waals surface area contributed by atoms with Gasteiger partial charge in [0.1, 0.15) is 5.75 Å². The van der Waals surface area contributed by atoms with Crippen LogP contribution in [-0.4, -0.2) is 36.4 Å². The Balaban J connectivity index is 1.42. The molecule has 182 valence electrons. The van der Waals surface area contributed by atoms with Crippen LogP contribution in [0.3, 0.4) is 0 Å². The summed E-state index contributed by atoms with van der Waals surface area (Å²) in [5.74, 6) is -0.330. The summed E-state index contributed by atoms with van der Waals surface area (Å²) >= 11 is 0. The van der Waals surface area contributed by atoms with E-state index in [4.69, 9.17) is 0 Å². The van der Waals surface area contributed by atoms with Crippen molar-refractivity contribution in [3.63, 3.8) is 0 Å². The highest BCUT2D eigenvalue weighted by atomic mass is 19.4. The quantitative estimate of drug-likeness (QED) is 0.447. The first-order valence-corrected chi connectivity index (χ1v) is 10.9. The molecule has 4 rings (SSSR count). The molecule has 0 saturated carbocycles. The van der Waals surface area contributed by atoms with Crippen LogP contribution in [0.2, 0.25) is 0 Å². The van der Waals surface area contributed by atoms with Gasteiger partial charge < -0.3 is 20.3 Å². The molecule has 0 radical (unpaired) electrons. The van der Waals surface area contributed by atoms with Crippen LogP contribution >= 0.6 is 0 Å². The largest absolute Gasteiger partial charge is 0.573 e. The average Bonchev–Trinajstić information content (AvgIpc) is 2.80. The summed E-state index contributed by atoms with van der Waals surface area (Å²) in [7, 11) is 0. The van der Waals surface area contributed by atoms with Crippen LogP contribution in [0.1, 0.15) is 12.0 Å². The number of carbonyl (C=O) groups excluding carboxylic acids is 2. The Kier molecular flexibility index (Phi) is 7.09. The van der Waals surface area contributed by atoms with E-state index in [1.807, 2.05) is 18.2 Å². The predicted molar refractivity (Wildman–Crippen MR) is 126 cm³/mol. The Morgan fingerprint density at radius 3 is 2.37 bits per heavy atom. The smallest absolute Gasteiger partial charge is 0.406 e. The summed E-state index contributed by atoms with van der Waals surface area (Å²) < 4.78 is 41.6. The van der Waals surface area contributed by atoms with E-state index < -0.39 is 12.4 Å². The number of rotatable bonds is 6. The molecular weight excluding hydrogens is 461 g/mol. The minimum atomic E-state index is -4.78. The first-order chi connectivity index (χ1) is 16.8. The molecule has 1 aliphatic heterocycles. The molecule has 35 heavy (non-hydrogen) atoms. The van der Waals surface area contributed by atoms with Crippen molar-refractivity contribution in [3.05, 3.63) is 84.4 Å². The zero-order valence-corrected chi connectivity index (χ0v) is 18.6. The number of carbonyl (C=O) groups is 2. The fourth-order valence-electron chi connectivity index (χ4n) is 3.80.